The molecule has 0 saturated carbocycles. The van der Waals surface area contributed by atoms with Crippen LogP contribution in [0, 0.1) is 5.41 Å². The predicted molar refractivity (Wildman–Crippen MR) is 92.7 cm³/mol. The molecule has 3 rings (SSSR count). The Morgan fingerprint density at radius 1 is 1.05 bits per heavy atom. The third-order valence-electron chi connectivity index (χ3n) is 4.63. The van der Waals surface area contributed by atoms with Gasteiger partial charge in [0.25, 0.3) is 0 Å². The highest BCUT2D eigenvalue weighted by Gasteiger charge is 2.30. The van der Waals surface area contributed by atoms with Crippen molar-refractivity contribution in [2.75, 3.05) is 11.9 Å². The van der Waals surface area contributed by atoms with Gasteiger partial charge in [-0.3, -0.25) is 0 Å². The van der Waals surface area contributed by atoms with E-state index in [1.165, 1.54) is 28.8 Å². The largest absolute Gasteiger partial charge is 0.508 e. The molecule has 116 valence electrons. The molecule has 0 amide bonds. The third kappa shape index (κ3) is 3.11. The Labute approximate surface area is 133 Å². The second-order valence-electron chi connectivity index (χ2n) is 7.40. The molecule has 2 aromatic rings. The number of phenolic OH excluding ortho intramolecular Hbond substituents is 1. The maximum atomic E-state index is 9.40. The maximum Gasteiger partial charge on any atom is 0.115 e. The molecule has 22 heavy (non-hydrogen) atoms. The van der Waals surface area contributed by atoms with Crippen molar-refractivity contribution in [2.45, 2.75) is 39.5 Å². The van der Waals surface area contributed by atoms with Crippen LogP contribution in [-0.4, -0.2) is 11.7 Å². The minimum atomic E-state index is 0.286. The predicted octanol–water partition coefficient (Wildman–Crippen LogP) is 4.93. The molecule has 1 aliphatic heterocycles. The first-order chi connectivity index (χ1) is 10.4. The number of aromatic hydroxyl groups is 1. The van der Waals surface area contributed by atoms with Crippen LogP contribution in [0.4, 0.5) is 5.69 Å². The Hall–Kier alpha value is -1.96. The lowest BCUT2D eigenvalue weighted by Crippen LogP contribution is -2.26. The van der Waals surface area contributed by atoms with Crippen molar-refractivity contribution in [3.05, 3.63) is 59.2 Å². The average Bonchev–Trinajstić information content (AvgIpc) is 2.48. The summed E-state index contributed by atoms with van der Waals surface area (Å²) in [7, 11) is 0. The Morgan fingerprint density at radius 2 is 1.73 bits per heavy atom. The molecule has 1 atom stereocenters. The zero-order valence-electron chi connectivity index (χ0n) is 13.7. The highest BCUT2D eigenvalue weighted by Crippen LogP contribution is 2.43. The fourth-order valence-electron chi connectivity index (χ4n) is 3.43. The van der Waals surface area contributed by atoms with Gasteiger partial charge in [0.1, 0.15) is 5.75 Å². The summed E-state index contributed by atoms with van der Waals surface area (Å²) in [5.74, 6) is 0.926. The van der Waals surface area contributed by atoms with Crippen molar-refractivity contribution >= 4 is 5.69 Å². The van der Waals surface area contributed by atoms with E-state index in [0.29, 0.717) is 11.7 Å². The van der Waals surface area contributed by atoms with Gasteiger partial charge in [0.05, 0.1) is 0 Å². The van der Waals surface area contributed by atoms with Gasteiger partial charge in [0, 0.05) is 12.2 Å². The molecule has 0 saturated heterocycles. The van der Waals surface area contributed by atoms with Gasteiger partial charge in [-0.05, 0) is 59.1 Å². The molecule has 2 aromatic carbocycles. The summed E-state index contributed by atoms with van der Waals surface area (Å²) in [5, 5.41) is 12.9. The van der Waals surface area contributed by atoms with E-state index in [1.807, 2.05) is 12.1 Å². The van der Waals surface area contributed by atoms with E-state index in [4.69, 9.17) is 0 Å². The first-order valence-corrected chi connectivity index (χ1v) is 8.08. The Kier molecular flexibility index (Phi) is 3.86. The molecule has 2 nitrogen and oxygen atoms in total. The van der Waals surface area contributed by atoms with Crippen LogP contribution in [0.1, 0.15) is 49.8 Å². The monoisotopic (exact) mass is 295 g/mol. The number of hydrogen-bond acceptors (Lipinski definition) is 2. The van der Waals surface area contributed by atoms with Gasteiger partial charge in [-0.1, -0.05) is 45.0 Å². The lowest BCUT2D eigenvalue weighted by Gasteiger charge is -2.36. The van der Waals surface area contributed by atoms with Crippen LogP contribution < -0.4 is 5.32 Å². The SMILES string of the molecule is CC(C)(C)C1CCNc2ccc(Cc3ccc(O)cc3)cc21. The fraction of sp³-hybridized carbons (Fsp3) is 0.400. The summed E-state index contributed by atoms with van der Waals surface area (Å²) >= 11 is 0. The van der Waals surface area contributed by atoms with Crippen LogP contribution in [0.5, 0.6) is 5.75 Å². The number of anilines is 1. The zero-order valence-corrected chi connectivity index (χ0v) is 13.7. The van der Waals surface area contributed by atoms with E-state index in [-0.39, 0.29) is 5.41 Å². The third-order valence-corrected chi connectivity index (χ3v) is 4.63. The summed E-state index contributed by atoms with van der Waals surface area (Å²) in [6.45, 7) is 8.06. The molecule has 1 heterocycles. The van der Waals surface area contributed by atoms with Crippen molar-refractivity contribution in [1.82, 2.24) is 0 Å². The normalized spacial score (nSPS) is 17.7. The molecule has 2 heteroatoms. The van der Waals surface area contributed by atoms with Crippen molar-refractivity contribution in [3.8, 4) is 5.75 Å². The summed E-state index contributed by atoms with van der Waals surface area (Å²) < 4.78 is 0. The Morgan fingerprint density at radius 3 is 2.41 bits per heavy atom. The standard InChI is InChI=1S/C20H25NO/c1-20(2,3)18-10-11-21-19-9-6-15(13-17(18)19)12-14-4-7-16(22)8-5-14/h4-9,13,18,21-22H,10-12H2,1-3H3. The zero-order chi connectivity index (χ0) is 15.7. The molecule has 0 aliphatic carbocycles. The minimum absolute atomic E-state index is 0.286. The molecule has 1 unspecified atom stereocenters. The smallest absolute Gasteiger partial charge is 0.115 e. The first kappa shape index (κ1) is 15.0. The highest BCUT2D eigenvalue weighted by atomic mass is 16.3. The average molecular weight is 295 g/mol. The first-order valence-electron chi connectivity index (χ1n) is 8.08. The number of nitrogens with one attached hydrogen (secondary N) is 1. The molecule has 1 aliphatic rings. The number of hydrogen-bond donors (Lipinski definition) is 2. The molecule has 0 spiro atoms. The second-order valence-corrected chi connectivity index (χ2v) is 7.40. The molecular formula is C20H25NO. The molecule has 0 fully saturated rings. The number of phenols is 1. The van der Waals surface area contributed by atoms with E-state index in [0.717, 1.165) is 13.0 Å². The number of fused-ring (bicyclic) bond motifs is 1. The van der Waals surface area contributed by atoms with Crippen LogP contribution in [0.15, 0.2) is 42.5 Å². The van der Waals surface area contributed by atoms with Crippen LogP contribution in [0.3, 0.4) is 0 Å². The van der Waals surface area contributed by atoms with Crippen molar-refractivity contribution in [3.63, 3.8) is 0 Å². The summed E-state index contributed by atoms with van der Waals surface area (Å²) in [4.78, 5) is 0. The quantitative estimate of drug-likeness (QED) is 0.823. The fourth-order valence-corrected chi connectivity index (χ4v) is 3.43. The summed E-state index contributed by atoms with van der Waals surface area (Å²) in [6.07, 6.45) is 2.10. The molecule has 0 bridgehead atoms. The van der Waals surface area contributed by atoms with Crippen molar-refractivity contribution < 1.29 is 5.11 Å². The lowest BCUT2D eigenvalue weighted by atomic mass is 9.72. The van der Waals surface area contributed by atoms with Gasteiger partial charge in [-0.2, -0.15) is 0 Å². The maximum absolute atomic E-state index is 9.40. The molecule has 0 radical (unpaired) electrons. The van der Waals surface area contributed by atoms with Gasteiger partial charge in [0.15, 0.2) is 0 Å². The van der Waals surface area contributed by atoms with E-state index >= 15 is 0 Å². The van der Waals surface area contributed by atoms with Gasteiger partial charge >= 0.3 is 0 Å². The summed E-state index contributed by atoms with van der Waals surface area (Å²) in [6, 6.07) is 14.3. The van der Waals surface area contributed by atoms with E-state index in [1.54, 1.807) is 12.1 Å². The van der Waals surface area contributed by atoms with Gasteiger partial charge in [0.2, 0.25) is 0 Å². The molecular weight excluding hydrogens is 270 g/mol. The van der Waals surface area contributed by atoms with Crippen LogP contribution in [0.2, 0.25) is 0 Å². The van der Waals surface area contributed by atoms with Gasteiger partial charge in [-0.25, -0.2) is 0 Å². The number of rotatable bonds is 2. The Balaban J connectivity index is 1.90. The van der Waals surface area contributed by atoms with Crippen LogP contribution in [0.25, 0.3) is 0 Å². The highest BCUT2D eigenvalue weighted by molar-refractivity contribution is 5.57. The van der Waals surface area contributed by atoms with Crippen LogP contribution >= 0.6 is 0 Å². The molecule has 2 N–H and O–H groups in total. The minimum Gasteiger partial charge on any atom is -0.508 e. The van der Waals surface area contributed by atoms with Gasteiger partial charge in [-0.15, -0.1) is 0 Å². The lowest BCUT2D eigenvalue weighted by molar-refractivity contribution is 0.305. The van der Waals surface area contributed by atoms with E-state index in [9.17, 15) is 5.11 Å². The van der Waals surface area contributed by atoms with Crippen molar-refractivity contribution in [2.24, 2.45) is 5.41 Å². The van der Waals surface area contributed by atoms with E-state index < -0.39 is 0 Å². The topological polar surface area (TPSA) is 32.3 Å². The number of benzene rings is 2. The Bertz CT molecular complexity index is 652. The van der Waals surface area contributed by atoms with Gasteiger partial charge < -0.3 is 10.4 Å². The molecule has 0 aromatic heterocycles. The summed E-state index contributed by atoms with van der Waals surface area (Å²) in [5.41, 5.74) is 5.60. The van der Waals surface area contributed by atoms with Crippen molar-refractivity contribution in [1.29, 1.82) is 0 Å². The second kappa shape index (κ2) is 5.68. The van der Waals surface area contributed by atoms with E-state index in [2.05, 4.69) is 44.3 Å². The van der Waals surface area contributed by atoms with Crippen LogP contribution in [-0.2, 0) is 6.42 Å².